The number of amides is 1. The first-order chi connectivity index (χ1) is 7.29. The zero-order valence-corrected chi connectivity index (χ0v) is 9.28. The summed E-state index contributed by atoms with van der Waals surface area (Å²) in [7, 11) is 0. The summed E-state index contributed by atoms with van der Waals surface area (Å²) in [6, 6.07) is 9.52. The van der Waals surface area contributed by atoms with Crippen LogP contribution in [0.4, 0.5) is 0 Å². The van der Waals surface area contributed by atoms with Gasteiger partial charge < -0.3 is 4.90 Å². The molecule has 15 heavy (non-hydrogen) atoms. The molecule has 1 aliphatic heterocycles. The van der Waals surface area contributed by atoms with E-state index in [9.17, 15) is 4.79 Å². The predicted molar refractivity (Wildman–Crippen MR) is 60.9 cm³/mol. The summed E-state index contributed by atoms with van der Waals surface area (Å²) in [6.07, 6.45) is 2.20. The summed E-state index contributed by atoms with van der Waals surface area (Å²) in [4.78, 5) is 13.8. The molecule has 0 radical (unpaired) electrons. The van der Waals surface area contributed by atoms with Gasteiger partial charge in [0.2, 0.25) is 5.91 Å². The lowest BCUT2D eigenvalue weighted by molar-refractivity contribution is -0.129. The van der Waals surface area contributed by atoms with Gasteiger partial charge in [0.25, 0.3) is 0 Å². The Morgan fingerprint density at radius 3 is 2.40 bits per heavy atom. The summed E-state index contributed by atoms with van der Waals surface area (Å²) >= 11 is 6.15. The van der Waals surface area contributed by atoms with Gasteiger partial charge in [-0.3, -0.25) is 4.79 Å². The molecule has 1 atom stereocenters. The fraction of sp³-hybridized carbons (Fsp3) is 0.417. The highest BCUT2D eigenvalue weighted by Crippen LogP contribution is 2.24. The second-order valence-electron chi connectivity index (χ2n) is 3.81. The van der Waals surface area contributed by atoms with E-state index in [1.54, 1.807) is 0 Å². The zero-order chi connectivity index (χ0) is 10.7. The monoisotopic (exact) mass is 223 g/mol. The molecular formula is C12H14ClNO. The molecule has 0 unspecified atom stereocenters. The van der Waals surface area contributed by atoms with Crippen molar-refractivity contribution in [3.8, 4) is 0 Å². The van der Waals surface area contributed by atoms with Gasteiger partial charge in [0, 0.05) is 13.1 Å². The Hall–Kier alpha value is -1.02. The van der Waals surface area contributed by atoms with Gasteiger partial charge in [-0.25, -0.2) is 0 Å². The average molecular weight is 224 g/mol. The highest BCUT2D eigenvalue weighted by atomic mass is 35.5. The second-order valence-corrected chi connectivity index (χ2v) is 4.24. The fourth-order valence-corrected chi connectivity index (χ4v) is 2.15. The van der Waals surface area contributed by atoms with Gasteiger partial charge in [-0.1, -0.05) is 30.3 Å². The highest BCUT2D eigenvalue weighted by Gasteiger charge is 2.25. The lowest BCUT2D eigenvalue weighted by Crippen LogP contribution is -2.30. The van der Waals surface area contributed by atoms with Crippen molar-refractivity contribution in [3.63, 3.8) is 0 Å². The Bertz CT molecular complexity index is 333. The van der Waals surface area contributed by atoms with Crippen LogP contribution in [0.15, 0.2) is 30.3 Å². The van der Waals surface area contributed by atoms with E-state index in [2.05, 4.69) is 0 Å². The standard InChI is InChI=1S/C12H14ClNO/c13-11(10-6-2-1-3-7-10)12(15)14-8-4-5-9-14/h1-3,6-7,11H,4-5,8-9H2/t11-/m0/s1. The molecule has 1 heterocycles. The van der Waals surface area contributed by atoms with Gasteiger partial charge in [0.05, 0.1) is 0 Å². The largest absolute Gasteiger partial charge is 0.341 e. The Morgan fingerprint density at radius 1 is 1.20 bits per heavy atom. The van der Waals surface area contributed by atoms with E-state index in [-0.39, 0.29) is 5.91 Å². The van der Waals surface area contributed by atoms with Crippen LogP contribution in [0.3, 0.4) is 0 Å². The van der Waals surface area contributed by atoms with Gasteiger partial charge in [-0.2, -0.15) is 0 Å². The molecule has 0 saturated carbocycles. The van der Waals surface area contributed by atoms with Crippen molar-refractivity contribution in [1.82, 2.24) is 4.90 Å². The Balaban J connectivity index is 2.07. The molecule has 0 spiro atoms. The molecule has 1 aliphatic rings. The van der Waals surface area contributed by atoms with Gasteiger partial charge in [0.1, 0.15) is 5.38 Å². The highest BCUT2D eigenvalue weighted by molar-refractivity contribution is 6.30. The molecule has 0 aromatic heterocycles. The Kier molecular flexibility index (Phi) is 3.27. The Labute approximate surface area is 94.8 Å². The van der Waals surface area contributed by atoms with Crippen LogP contribution in [-0.2, 0) is 4.79 Å². The number of carbonyl (C=O) groups is 1. The third kappa shape index (κ3) is 2.32. The van der Waals surface area contributed by atoms with Crippen LogP contribution in [0.2, 0.25) is 0 Å². The van der Waals surface area contributed by atoms with Crippen molar-refractivity contribution in [2.24, 2.45) is 0 Å². The molecule has 80 valence electrons. The third-order valence-electron chi connectivity index (χ3n) is 2.73. The molecule has 0 N–H and O–H groups in total. The van der Waals surface area contributed by atoms with Crippen LogP contribution in [0.5, 0.6) is 0 Å². The zero-order valence-electron chi connectivity index (χ0n) is 8.53. The molecule has 0 aliphatic carbocycles. The number of hydrogen-bond donors (Lipinski definition) is 0. The lowest BCUT2D eigenvalue weighted by Gasteiger charge is -2.18. The minimum Gasteiger partial charge on any atom is -0.341 e. The minimum atomic E-state index is -0.524. The normalized spacial score (nSPS) is 17.8. The van der Waals surface area contributed by atoms with Crippen molar-refractivity contribution in [2.45, 2.75) is 18.2 Å². The first-order valence-electron chi connectivity index (χ1n) is 5.27. The van der Waals surface area contributed by atoms with Crippen molar-refractivity contribution in [3.05, 3.63) is 35.9 Å². The molecule has 3 heteroatoms. The molecule has 2 nitrogen and oxygen atoms in total. The van der Waals surface area contributed by atoms with Crippen molar-refractivity contribution in [1.29, 1.82) is 0 Å². The number of nitrogens with zero attached hydrogens (tertiary/aromatic N) is 1. The quantitative estimate of drug-likeness (QED) is 0.706. The van der Waals surface area contributed by atoms with Gasteiger partial charge in [-0.15, -0.1) is 11.6 Å². The van der Waals surface area contributed by atoms with Crippen molar-refractivity contribution < 1.29 is 4.79 Å². The smallest absolute Gasteiger partial charge is 0.245 e. The van der Waals surface area contributed by atoms with Crippen LogP contribution in [0.25, 0.3) is 0 Å². The van der Waals surface area contributed by atoms with Crippen LogP contribution < -0.4 is 0 Å². The first-order valence-corrected chi connectivity index (χ1v) is 5.70. The SMILES string of the molecule is O=C([C@@H](Cl)c1ccccc1)N1CCCC1. The number of carbonyl (C=O) groups excluding carboxylic acids is 1. The van der Waals surface area contributed by atoms with E-state index in [4.69, 9.17) is 11.6 Å². The maximum absolute atomic E-state index is 11.9. The van der Waals surface area contributed by atoms with Crippen LogP contribution >= 0.6 is 11.6 Å². The molecule has 1 fully saturated rings. The number of halogens is 1. The summed E-state index contributed by atoms with van der Waals surface area (Å²) in [5.41, 5.74) is 0.885. The number of rotatable bonds is 2. The molecular weight excluding hydrogens is 210 g/mol. The molecule has 1 aromatic carbocycles. The molecule has 0 bridgehead atoms. The number of benzene rings is 1. The molecule has 2 rings (SSSR count). The lowest BCUT2D eigenvalue weighted by atomic mass is 10.1. The number of likely N-dealkylation sites (tertiary alicyclic amines) is 1. The summed E-state index contributed by atoms with van der Waals surface area (Å²) in [5, 5.41) is -0.524. The van der Waals surface area contributed by atoms with E-state index in [0.717, 1.165) is 31.5 Å². The topological polar surface area (TPSA) is 20.3 Å². The first kappa shape index (κ1) is 10.5. The average Bonchev–Trinajstić information content (AvgIpc) is 2.82. The summed E-state index contributed by atoms with van der Waals surface area (Å²) in [5.74, 6) is 0.0420. The Morgan fingerprint density at radius 2 is 1.80 bits per heavy atom. The molecule has 1 saturated heterocycles. The van der Waals surface area contributed by atoms with E-state index in [1.807, 2.05) is 35.2 Å². The summed E-state index contributed by atoms with van der Waals surface area (Å²) < 4.78 is 0. The molecule has 1 amide bonds. The predicted octanol–water partition coefficient (Wildman–Crippen LogP) is 2.59. The number of hydrogen-bond acceptors (Lipinski definition) is 1. The number of alkyl halides is 1. The molecule has 1 aromatic rings. The van der Waals surface area contributed by atoms with Crippen molar-refractivity contribution in [2.75, 3.05) is 13.1 Å². The van der Waals surface area contributed by atoms with Crippen molar-refractivity contribution >= 4 is 17.5 Å². The van der Waals surface area contributed by atoms with E-state index < -0.39 is 5.38 Å². The van der Waals surface area contributed by atoms with E-state index in [0.29, 0.717) is 0 Å². The minimum absolute atomic E-state index is 0.0420. The summed E-state index contributed by atoms with van der Waals surface area (Å²) in [6.45, 7) is 1.71. The van der Waals surface area contributed by atoms with Crippen LogP contribution in [0.1, 0.15) is 23.8 Å². The van der Waals surface area contributed by atoms with E-state index in [1.165, 1.54) is 0 Å². The second kappa shape index (κ2) is 4.67. The van der Waals surface area contributed by atoms with Gasteiger partial charge >= 0.3 is 0 Å². The maximum atomic E-state index is 11.9. The van der Waals surface area contributed by atoms with Crippen LogP contribution in [0, 0.1) is 0 Å². The maximum Gasteiger partial charge on any atom is 0.245 e. The van der Waals surface area contributed by atoms with Gasteiger partial charge in [0.15, 0.2) is 0 Å². The fourth-order valence-electron chi connectivity index (χ4n) is 1.86. The van der Waals surface area contributed by atoms with E-state index >= 15 is 0 Å². The van der Waals surface area contributed by atoms with Gasteiger partial charge in [-0.05, 0) is 18.4 Å². The van der Waals surface area contributed by atoms with Crippen LogP contribution in [-0.4, -0.2) is 23.9 Å². The third-order valence-corrected chi connectivity index (χ3v) is 3.17.